The van der Waals surface area contributed by atoms with Gasteiger partial charge in [0.05, 0.1) is 6.61 Å². The number of nitrogens with zero attached hydrogens (tertiary/aromatic N) is 1. The van der Waals surface area contributed by atoms with E-state index in [-0.39, 0.29) is 6.04 Å². The van der Waals surface area contributed by atoms with Gasteiger partial charge in [0.1, 0.15) is 0 Å². The molecule has 0 aromatic carbocycles. The minimum atomic E-state index is 0.283. The Labute approximate surface area is 105 Å². The van der Waals surface area contributed by atoms with Crippen LogP contribution in [0.15, 0.2) is 18.3 Å². The van der Waals surface area contributed by atoms with Gasteiger partial charge >= 0.3 is 0 Å². The summed E-state index contributed by atoms with van der Waals surface area (Å²) in [7, 11) is 0. The molecule has 1 heterocycles. The normalized spacial score (nSPS) is 12.8. The van der Waals surface area contributed by atoms with Gasteiger partial charge in [0.25, 0.3) is 0 Å². The van der Waals surface area contributed by atoms with E-state index in [1.165, 1.54) is 0 Å². The van der Waals surface area contributed by atoms with E-state index in [1.54, 1.807) is 6.20 Å². The van der Waals surface area contributed by atoms with Crippen molar-refractivity contribution in [1.29, 1.82) is 0 Å². The molecule has 0 aliphatic rings. The van der Waals surface area contributed by atoms with E-state index in [2.05, 4.69) is 44.1 Å². The van der Waals surface area contributed by atoms with Crippen molar-refractivity contribution in [3.05, 3.63) is 23.9 Å². The number of nitrogens with one attached hydrogen (secondary N) is 1. The molecule has 1 rings (SSSR count). The fourth-order valence-electron chi connectivity index (χ4n) is 1.57. The maximum atomic E-state index is 5.75. The van der Waals surface area contributed by atoms with Crippen LogP contribution in [0, 0.1) is 5.92 Å². The quantitative estimate of drug-likeness (QED) is 0.789. The lowest BCUT2D eigenvalue weighted by Crippen LogP contribution is -2.20. The highest BCUT2D eigenvalue weighted by Crippen LogP contribution is 2.22. The summed E-state index contributed by atoms with van der Waals surface area (Å²) < 4.78 is 5.75. The zero-order chi connectivity index (χ0) is 12.7. The second-order valence-corrected chi connectivity index (χ2v) is 4.78. The molecule has 1 aromatic rings. The lowest BCUT2D eigenvalue weighted by Gasteiger charge is -2.17. The average molecular weight is 236 g/mol. The predicted molar refractivity (Wildman–Crippen MR) is 71.3 cm³/mol. The smallest absolute Gasteiger partial charge is 0.218 e. The molecule has 17 heavy (non-hydrogen) atoms. The van der Waals surface area contributed by atoms with Gasteiger partial charge < -0.3 is 10.1 Å². The summed E-state index contributed by atoms with van der Waals surface area (Å²) >= 11 is 0. The van der Waals surface area contributed by atoms with Crippen molar-refractivity contribution in [2.45, 2.75) is 40.2 Å². The van der Waals surface area contributed by atoms with Crippen LogP contribution >= 0.6 is 0 Å². The first-order valence-electron chi connectivity index (χ1n) is 6.46. The SMILES string of the molecule is CCCNC(C)c1cccnc1OCC(C)C. The fourth-order valence-corrected chi connectivity index (χ4v) is 1.57. The van der Waals surface area contributed by atoms with E-state index < -0.39 is 0 Å². The molecule has 1 aromatic heterocycles. The average Bonchev–Trinajstić information content (AvgIpc) is 2.33. The van der Waals surface area contributed by atoms with Crippen molar-refractivity contribution in [3.63, 3.8) is 0 Å². The standard InChI is InChI=1S/C14H24N2O/c1-5-8-15-12(4)13-7-6-9-16-14(13)17-10-11(2)3/h6-7,9,11-12,15H,5,8,10H2,1-4H3. The lowest BCUT2D eigenvalue weighted by molar-refractivity contribution is 0.256. The molecule has 1 unspecified atom stereocenters. The summed E-state index contributed by atoms with van der Waals surface area (Å²) in [5.41, 5.74) is 1.14. The maximum Gasteiger partial charge on any atom is 0.218 e. The highest BCUT2D eigenvalue weighted by molar-refractivity contribution is 5.28. The van der Waals surface area contributed by atoms with Gasteiger partial charge in [0.15, 0.2) is 0 Å². The molecule has 0 fully saturated rings. The summed E-state index contributed by atoms with van der Waals surface area (Å²) in [5.74, 6) is 1.28. The van der Waals surface area contributed by atoms with Gasteiger partial charge in [-0.1, -0.05) is 26.8 Å². The number of aromatic nitrogens is 1. The number of hydrogen-bond acceptors (Lipinski definition) is 3. The van der Waals surface area contributed by atoms with Crippen molar-refractivity contribution < 1.29 is 4.74 Å². The Morgan fingerprint density at radius 1 is 1.35 bits per heavy atom. The third-order valence-electron chi connectivity index (χ3n) is 2.52. The van der Waals surface area contributed by atoms with Crippen LogP contribution < -0.4 is 10.1 Å². The van der Waals surface area contributed by atoms with Gasteiger partial charge in [-0.25, -0.2) is 4.98 Å². The molecule has 0 radical (unpaired) electrons. The molecular weight excluding hydrogens is 212 g/mol. The lowest BCUT2D eigenvalue weighted by atomic mass is 10.1. The van der Waals surface area contributed by atoms with Crippen LogP contribution in [-0.4, -0.2) is 18.1 Å². The molecule has 0 aliphatic heterocycles. The third kappa shape index (κ3) is 4.73. The molecular formula is C14H24N2O. The summed E-state index contributed by atoms with van der Waals surface area (Å²) in [6, 6.07) is 4.32. The van der Waals surface area contributed by atoms with Gasteiger partial charge in [-0.2, -0.15) is 0 Å². The van der Waals surface area contributed by atoms with Crippen LogP contribution in [0.5, 0.6) is 5.88 Å². The second kappa shape index (κ2) is 7.28. The number of hydrogen-bond donors (Lipinski definition) is 1. The molecule has 3 nitrogen and oxygen atoms in total. The Kier molecular flexibility index (Phi) is 5.98. The highest BCUT2D eigenvalue weighted by Gasteiger charge is 2.12. The second-order valence-electron chi connectivity index (χ2n) is 4.78. The number of rotatable bonds is 7. The minimum absolute atomic E-state index is 0.283. The van der Waals surface area contributed by atoms with Crippen LogP contribution in [0.4, 0.5) is 0 Å². The van der Waals surface area contributed by atoms with Crippen molar-refractivity contribution in [3.8, 4) is 5.88 Å². The van der Waals surface area contributed by atoms with Crippen LogP contribution in [0.1, 0.15) is 45.7 Å². The molecule has 0 saturated carbocycles. The minimum Gasteiger partial charge on any atom is -0.477 e. The highest BCUT2D eigenvalue weighted by atomic mass is 16.5. The Bertz CT molecular complexity index is 326. The molecule has 0 spiro atoms. The number of pyridine rings is 1. The largest absolute Gasteiger partial charge is 0.477 e. The first kappa shape index (κ1) is 14.0. The molecule has 0 saturated heterocycles. The van der Waals surface area contributed by atoms with Crippen LogP contribution in [-0.2, 0) is 0 Å². The van der Waals surface area contributed by atoms with Crippen molar-refractivity contribution in [2.24, 2.45) is 5.92 Å². The topological polar surface area (TPSA) is 34.2 Å². The predicted octanol–water partition coefficient (Wildman–Crippen LogP) is 3.18. The van der Waals surface area contributed by atoms with E-state index in [4.69, 9.17) is 4.74 Å². The monoisotopic (exact) mass is 236 g/mol. The summed E-state index contributed by atoms with van der Waals surface area (Å²) in [6.45, 7) is 10.3. The Balaban J connectivity index is 2.69. The summed E-state index contributed by atoms with van der Waals surface area (Å²) in [4.78, 5) is 4.32. The van der Waals surface area contributed by atoms with E-state index in [0.717, 1.165) is 24.4 Å². The van der Waals surface area contributed by atoms with E-state index in [9.17, 15) is 0 Å². The molecule has 96 valence electrons. The van der Waals surface area contributed by atoms with Gasteiger partial charge in [-0.05, 0) is 31.9 Å². The fraction of sp³-hybridized carbons (Fsp3) is 0.643. The van der Waals surface area contributed by atoms with Crippen LogP contribution in [0.25, 0.3) is 0 Å². The third-order valence-corrected chi connectivity index (χ3v) is 2.52. The van der Waals surface area contributed by atoms with Crippen molar-refractivity contribution >= 4 is 0 Å². The molecule has 0 amide bonds. The van der Waals surface area contributed by atoms with Gasteiger partial charge in [0.2, 0.25) is 5.88 Å². The van der Waals surface area contributed by atoms with Gasteiger partial charge in [-0.3, -0.25) is 0 Å². The Hall–Kier alpha value is -1.09. The first-order chi connectivity index (χ1) is 8.15. The molecule has 1 N–H and O–H groups in total. The van der Waals surface area contributed by atoms with E-state index in [0.29, 0.717) is 12.5 Å². The van der Waals surface area contributed by atoms with Crippen LogP contribution in [0.3, 0.4) is 0 Å². The maximum absolute atomic E-state index is 5.75. The Morgan fingerprint density at radius 3 is 2.76 bits per heavy atom. The zero-order valence-electron chi connectivity index (χ0n) is 11.4. The van der Waals surface area contributed by atoms with Crippen LogP contribution in [0.2, 0.25) is 0 Å². The molecule has 0 bridgehead atoms. The molecule has 3 heteroatoms. The number of ether oxygens (including phenoxy) is 1. The summed E-state index contributed by atoms with van der Waals surface area (Å²) in [6.07, 6.45) is 2.92. The van der Waals surface area contributed by atoms with Crippen molar-refractivity contribution in [1.82, 2.24) is 10.3 Å². The summed E-state index contributed by atoms with van der Waals surface area (Å²) in [5, 5.41) is 3.46. The van der Waals surface area contributed by atoms with E-state index in [1.807, 2.05) is 6.07 Å². The zero-order valence-corrected chi connectivity index (χ0v) is 11.4. The Morgan fingerprint density at radius 2 is 2.12 bits per heavy atom. The van der Waals surface area contributed by atoms with Crippen molar-refractivity contribution in [2.75, 3.05) is 13.2 Å². The van der Waals surface area contributed by atoms with Gasteiger partial charge in [0, 0.05) is 17.8 Å². The van der Waals surface area contributed by atoms with E-state index >= 15 is 0 Å². The van der Waals surface area contributed by atoms with Gasteiger partial charge in [-0.15, -0.1) is 0 Å². The molecule has 1 atom stereocenters. The molecule has 0 aliphatic carbocycles. The first-order valence-corrected chi connectivity index (χ1v) is 6.46.